The molecule has 0 aromatic carbocycles. The summed E-state index contributed by atoms with van der Waals surface area (Å²) in [6.45, 7) is 15.0. The van der Waals surface area contributed by atoms with Gasteiger partial charge in [0.2, 0.25) is 0 Å². The van der Waals surface area contributed by atoms with Crippen molar-refractivity contribution in [3.05, 3.63) is 0 Å². The van der Waals surface area contributed by atoms with Gasteiger partial charge in [-0.1, -0.05) is 13.8 Å². The van der Waals surface area contributed by atoms with Crippen LogP contribution in [0.15, 0.2) is 4.99 Å². The monoisotopic (exact) mass is 368 g/mol. The van der Waals surface area contributed by atoms with Crippen LogP contribution in [0.2, 0.25) is 0 Å². The molecule has 0 saturated carbocycles. The first-order valence-corrected chi connectivity index (χ1v) is 10.2. The first kappa shape index (κ1) is 21.5. The van der Waals surface area contributed by atoms with E-state index >= 15 is 0 Å². The van der Waals surface area contributed by atoms with Crippen LogP contribution in [0.4, 0.5) is 0 Å². The zero-order valence-electron chi connectivity index (χ0n) is 17.5. The molecule has 3 unspecified atom stereocenters. The lowest BCUT2D eigenvalue weighted by Gasteiger charge is -2.45. The van der Waals surface area contributed by atoms with E-state index in [0.29, 0.717) is 6.61 Å². The van der Waals surface area contributed by atoms with Crippen LogP contribution in [-0.2, 0) is 4.74 Å². The van der Waals surface area contributed by atoms with Crippen LogP contribution in [0.3, 0.4) is 0 Å². The third-order valence-corrected chi connectivity index (χ3v) is 6.09. The Bertz CT molecular complexity index is 451. The van der Waals surface area contributed by atoms with Crippen molar-refractivity contribution < 1.29 is 9.84 Å². The average molecular weight is 369 g/mol. The summed E-state index contributed by atoms with van der Waals surface area (Å²) in [5.74, 6) is 2.35. The van der Waals surface area contributed by atoms with E-state index in [1.807, 2.05) is 7.05 Å². The second kappa shape index (κ2) is 9.38. The fraction of sp³-hybridized carbons (Fsp3) is 0.950. The molecule has 0 spiro atoms. The molecule has 26 heavy (non-hydrogen) atoms. The Morgan fingerprint density at radius 2 is 1.96 bits per heavy atom. The molecule has 2 fully saturated rings. The van der Waals surface area contributed by atoms with Crippen LogP contribution >= 0.6 is 0 Å². The predicted octanol–water partition coefficient (Wildman–Crippen LogP) is 1.70. The molecule has 2 rings (SSSR count). The van der Waals surface area contributed by atoms with Gasteiger partial charge in [0.1, 0.15) is 0 Å². The smallest absolute Gasteiger partial charge is 0.191 e. The van der Waals surface area contributed by atoms with E-state index in [4.69, 9.17) is 4.74 Å². The summed E-state index contributed by atoms with van der Waals surface area (Å²) >= 11 is 0. The molecule has 2 aliphatic heterocycles. The Balaban J connectivity index is 1.85. The number of piperidine rings is 1. The van der Waals surface area contributed by atoms with Gasteiger partial charge in [-0.2, -0.15) is 0 Å². The van der Waals surface area contributed by atoms with Gasteiger partial charge < -0.3 is 20.5 Å². The average Bonchev–Trinajstić information content (AvgIpc) is 3.03. The molecule has 2 heterocycles. The third-order valence-electron chi connectivity index (χ3n) is 6.09. The number of aliphatic hydroxyl groups excluding tert-OH is 1. The Hall–Kier alpha value is -0.850. The maximum atomic E-state index is 9.38. The molecule has 3 atom stereocenters. The number of nitrogens with zero attached hydrogens (tertiary/aromatic N) is 2. The molecule has 2 saturated heterocycles. The summed E-state index contributed by atoms with van der Waals surface area (Å²) in [5.41, 5.74) is 0.111. The molecule has 0 aromatic heterocycles. The second-order valence-electron chi connectivity index (χ2n) is 9.22. The van der Waals surface area contributed by atoms with E-state index in [1.54, 1.807) is 0 Å². The maximum absolute atomic E-state index is 9.38. The summed E-state index contributed by atoms with van der Waals surface area (Å²) in [6.07, 6.45) is 3.09. The predicted molar refractivity (Wildman–Crippen MR) is 108 cm³/mol. The highest BCUT2D eigenvalue weighted by molar-refractivity contribution is 5.79. The standard InChI is InChI=1S/C20H40N4O2/c1-16-10-17(2)12-24(11-16)19(3,4)13-22-18(21-5)23-14-20(6-8-25)7-9-26-15-20/h16-17,25H,6-15H2,1-5H3,(H2,21,22,23). The Morgan fingerprint density at radius 1 is 1.27 bits per heavy atom. The van der Waals surface area contributed by atoms with Crippen LogP contribution < -0.4 is 10.6 Å². The van der Waals surface area contributed by atoms with Gasteiger partial charge in [-0.05, 0) is 44.9 Å². The topological polar surface area (TPSA) is 69.1 Å². The number of guanidine groups is 1. The minimum Gasteiger partial charge on any atom is -0.396 e. The highest BCUT2D eigenvalue weighted by Gasteiger charge is 2.35. The number of aliphatic imine (C=N–C) groups is 1. The van der Waals surface area contributed by atoms with Crippen LogP contribution in [0.5, 0.6) is 0 Å². The summed E-state index contributed by atoms with van der Waals surface area (Å²) in [5, 5.41) is 16.3. The molecule has 2 aliphatic rings. The van der Waals surface area contributed by atoms with Gasteiger partial charge in [0.15, 0.2) is 5.96 Å². The van der Waals surface area contributed by atoms with Gasteiger partial charge in [0.05, 0.1) is 6.61 Å². The lowest BCUT2D eigenvalue weighted by Crippen LogP contribution is -2.57. The van der Waals surface area contributed by atoms with Crippen molar-refractivity contribution in [2.75, 3.05) is 53.0 Å². The van der Waals surface area contributed by atoms with Crippen molar-refractivity contribution in [2.24, 2.45) is 22.2 Å². The third kappa shape index (κ3) is 5.83. The molecule has 0 amide bonds. The molecule has 0 radical (unpaired) electrons. The quantitative estimate of drug-likeness (QED) is 0.471. The lowest BCUT2D eigenvalue weighted by molar-refractivity contribution is 0.0483. The minimum atomic E-state index is 0.0274. The first-order valence-electron chi connectivity index (χ1n) is 10.2. The minimum absolute atomic E-state index is 0.0274. The Morgan fingerprint density at radius 3 is 2.50 bits per heavy atom. The lowest BCUT2D eigenvalue weighted by atomic mass is 9.84. The summed E-state index contributed by atoms with van der Waals surface area (Å²) in [6, 6.07) is 0. The van der Waals surface area contributed by atoms with Crippen molar-refractivity contribution in [3.63, 3.8) is 0 Å². The Labute approximate surface area is 159 Å². The molecule has 6 nitrogen and oxygen atoms in total. The van der Waals surface area contributed by atoms with Crippen LogP contribution in [0, 0.1) is 17.3 Å². The summed E-state index contributed by atoms with van der Waals surface area (Å²) in [4.78, 5) is 7.01. The van der Waals surface area contributed by atoms with Gasteiger partial charge in [-0.15, -0.1) is 0 Å². The van der Waals surface area contributed by atoms with Gasteiger partial charge >= 0.3 is 0 Å². The highest BCUT2D eigenvalue weighted by Crippen LogP contribution is 2.31. The number of hydrogen-bond donors (Lipinski definition) is 3. The van der Waals surface area contributed by atoms with Gasteiger partial charge in [-0.3, -0.25) is 9.89 Å². The number of nitrogens with one attached hydrogen (secondary N) is 2. The van der Waals surface area contributed by atoms with Crippen molar-refractivity contribution in [2.45, 2.75) is 52.5 Å². The van der Waals surface area contributed by atoms with Crippen molar-refractivity contribution >= 4 is 5.96 Å². The number of rotatable bonds is 7. The zero-order chi connectivity index (χ0) is 19.2. The van der Waals surface area contributed by atoms with Crippen molar-refractivity contribution in [1.82, 2.24) is 15.5 Å². The second-order valence-corrected chi connectivity index (χ2v) is 9.22. The van der Waals surface area contributed by atoms with E-state index in [1.165, 1.54) is 19.5 Å². The highest BCUT2D eigenvalue weighted by atomic mass is 16.5. The van der Waals surface area contributed by atoms with Gasteiger partial charge in [-0.25, -0.2) is 0 Å². The number of aliphatic hydroxyl groups is 1. The molecule has 152 valence electrons. The molecule has 3 N–H and O–H groups in total. The molecule has 6 heteroatoms. The van der Waals surface area contributed by atoms with E-state index in [0.717, 1.165) is 50.3 Å². The van der Waals surface area contributed by atoms with E-state index in [9.17, 15) is 5.11 Å². The largest absolute Gasteiger partial charge is 0.396 e. The molecular weight excluding hydrogens is 328 g/mol. The zero-order valence-corrected chi connectivity index (χ0v) is 17.5. The van der Waals surface area contributed by atoms with Gasteiger partial charge in [0, 0.05) is 57.4 Å². The fourth-order valence-electron chi connectivity index (χ4n) is 4.37. The van der Waals surface area contributed by atoms with Crippen LogP contribution in [-0.4, -0.2) is 74.6 Å². The molecule has 0 aliphatic carbocycles. The molecule has 0 bridgehead atoms. The number of hydrogen-bond acceptors (Lipinski definition) is 4. The van der Waals surface area contributed by atoms with E-state index < -0.39 is 0 Å². The normalized spacial score (nSPS) is 31.2. The SMILES string of the molecule is CN=C(NCC1(CCO)CCOC1)NCC(C)(C)N1CC(C)CC(C)C1. The van der Waals surface area contributed by atoms with Gasteiger partial charge in [0.25, 0.3) is 0 Å². The number of ether oxygens (including phenoxy) is 1. The van der Waals surface area contributed by atoms with Crippen LogP contribution in [0.25, 0.3) is 0 Å². The summed E-state index contributed by atoms with van der Waals surface area (Å²) in [7, 11) is 1.82. The van der Waals surface area contributed by atoms with Crippen molar-refractivity contribution in [3.8, 4) is 0 Å². The molecular formula is C20H40N4O2. The van der Waals surface area contributed by atoms with Crippen molar-refractivity contribution in [1.29, 1.82) is 0 Å². The fourth-order valence-corrected chi connectivity index (χ4v) is 4.37. The molecule has 0 aromatic rings. The maximum Gasteiger partial charge on any atom is 0.191 e. The van der Waals surface area contributed by atoms with E-state index in [-0.39, 0.29) is 17.6 Å². The number of likely N-dealkylation sites (tertiary alicyclic amines) is 1. The summed E-state index contributed by atoms with van der Waals surface area (Å²) < 4.78 is 5.57. The first-order chi connectivity index (χ1) is 12.3. The van der Waals surface area contributed by atoms with Crippen LogP contribution in [0.1, 0.15) is 47.0 Å². The Kier molecular flexibility index (Phi) is 7.74. The van der Waals surface area contributed by atoms with E-state index in [2.05, 4.69) is 48.2 Å².